The molecule has 3 heterocycles. The minimum Gasteiger partial charge on any atom is -0.252 e. The van der Waals surface area contributed by atoms with Crippen molar-refractivity contribution in [1.82, 2.24) is 15.0 Å². The van der Waals surface area contributed by atoms with Crippen LogP contribution < -0.4 is 0 Å². The van der Waals surface area contributed by atoms with E-state index >= 15 is 0 Å². The average molecular weight is 282 g/mol. The highest BCUT2D eigenvalue weighted by Crippen LogP contribution is 2.34. The molecule has 0 aromatic carbocycles. The monoisotopic (exact) mass is 281 g/mol. The van der Waals surface area contributed by atoms with E-state index in [1.54, 1.807) is 23.0 Å². The number of rotatable bonds is 1. The molecule has 3 nitrogen and oxygen atoms in total. The van der Waals surface area contributed by atoms with Crippen LogP contribution in [-0.2, 0) is 0 Å². The molecule has 0 radical (unpaired) electrons. The molecule has 0 unspecified atom stereocenters. The lowest BCUT2D eigenvalue weighted by Crippen LogP contribution is -1.88. The summed E-state index contributed by atoms with van der Waals surface area (Å²) in [6.45, 7) is 4.13. The molecule has 0 bridgehead atoms. The van der Waals surface area contributed by atoms with Gasteiger partial charge in [-0.3, -0.25) is 4.98 Å². The van der Waals surface area contributed by atoms with Gasteiger partial charge in [0.15, 0.2) is 5.82 Å². The summed E-state index contributed by atoms with van der Waals surface area (Å²) in [5.74, 6) is 0.659. The normalized spacial score (nSPS) is 11.2. The summed E-state index contributed by atoms with van der Waals surface area (Å²) >= 11 is 9.40. The van der Waals surface area contributed by atoms with Crippen LogP contribution in [0.2, 0.25) is 5.15 Å². The maximum atomic E-state index is 6.24. The summed E-state index contributed by atoms with van der Waals surface area (Å²) in [6, 6.07) is 0. The van der Waals surface area contributed by atoms with E-state index < -0.39 is 0 Å². The molecule has 3 aromatic heterocycles. The van der Waals surface area contributed by atoms with Gasteiger partial charge in [-0.05, 0) is 19.4 Å². The smallest absolute Gasteiger partial charge is 0.174 e. The quantitative estimate of drug-likeness (QED) is 0.631. The molecule has 0 saturated heterocycles. The standard InChI is InChI=1S/C11H8ClN3S2/c1-5-6(2)17-11-8(5)9(12)14-10(15-11)7-3-13-4-16-7/h3-4H,1-2H3. The van der Waals surface area contributed by atoms with Gasteiger partial charge in [0, 0.05) is 11.1 Å². The molecular weight excluding hydrogens is 274 g/mol. The number of fused-ring (bicyclic) bond motifs is 1. The van der Waals surface area contributed by atoms with E-state index in [1.807, 2.05) is 0 Å². The van der Waals surface area contributed by atoms with Crippen molar-refractivity contribution in [3.05, 3.63) is 27.3 Å². The van der Waals surface area contributed by atoms with Crippen LogP contribution in [-0.4, -0.2) is 15.0 Å². The van der Waals surface area contributed by atoms with Crippen LogP contribution in [0.1, 0.15) is 10.4 Å². The van der Waals surface area contributed by atoms with E-state index in [0.29, 0.717) is 11.0 Å². The molecule has 0 aliphatic rings. The van der Waals surface area contributed by atoms with Gasteiger partial charge in [0.25, 0.3) is 0 Å². The van der Waals surface area contributed by atoms with Gasteiger partial charge in [0.05, 0.1) is 15.8 Å². The second-order valence-corrected chi connectivity index (χ2v) is 6.11. The number of nitrogens with zero attached hydrogens (tertiary/aromatic N) is 3. The van der Waals surface area contributed by atoms with Gasteiger partial charge in [-0.15, -0.1) is 22.7 Å². The summed E-state index contributed by atoms with van der Waals surface area (Å²) in [5, 5.41) is 1.50. The van der Waals surface area contributed by atoms with Crippen LogP contribution in [0.25, 0.3) is 20.9 Å². The molecular formula is C11H8ClN3S2. The predicted octanol–water partition coefficient (Wildman–Crippen LogP) is 4.09. The average Bonchev–Trinajstić information content (AvgIpc) is 2.88. The minimum atomic E-state index is 0.528. The Labute approximate surface area is 111 Å². The molecule has 0 N–H and O–H groups in total. The molecule has 17 heavy (non-hydrogen) atoms. The molecule has 0 fully saturated rings. The predicted molar refractivity (Wildman–Crippen MR) is 73.0 cm³/mol. The number of aryl methyl sites for hydroxylation is 2. The highest BCUT2D eigenvalue weighted by Gasteiger charge is 2.14. The lowest BCUT2D eigenvalue weighted by atomic mass is 10.2. The number of aromatic nitrogens is 3. The summed E-state index contributed by atoms with van der Waals surface area (Å²) in [6.07, 6.45) is 1.76. The summed E-state index contributed by atoms with van der Waals surface area (Å²) in [4.78, 5) is 16.1. The van der Waals surface area contributed by atoms with Crippen molar-refractivity contribution in [3.63, 3.8) is 0 Å². The van der Waals surface area contributed by atoms with Crippen molar-refractivity contribution in [2.75, 3.05) is 0 Å². The maximum Gasteiger partial charge on any atom is 0.174 e. The van der Waals surface area contributed by atoms with Gasteiger partial charge in [-0.2, -0.15) is 0 Å². The Balaban J connectivity index is 2.32. The third-order valence-electron chi connectivity index (χ3n) is 2.64. The molecule has 0 amide bonds. The second-order valence-electron chi connectivity index (χ2n) is 3.67. The Bertz CT molecular complexity index is 688. The van der Waals surface area contributed by atoms with Crippen molar-refractivity contribution in [2.45, 2.75) is 13.8 Å². The maximum absolute atomic E-state index is 6.24. The van der Waals surface area contributed by atoms with Crippen LogP contribution in [0.3, 0.4) is 0 Å². The second kappa shape index (κ2) is 4.01. The molecule has 0 saturated carbocycles. The Hall–Kier alpha value is -1.04. The van der Waals surface area contributed by atoms with Crippen LogP contribution in [0.5, 0.6) is 0 Å². The highest BCUT2D eigenvalue weighted by atomic mass is 35.5. The van der Waals surface area contributed by atoms with Crippen LogP contribution in [0.15, 0.2) is 11.7 Å². The summed E-state index contributed by atoms with van der Waals surface area (Å²) < 4.78 is 0. The Morgan fingerprint density at radius 1 is 1.24 bits per heavy atom. The molecule has 3 rings (SSSR count). The van der Waals surface area contributed by atoms with Crippen molar-refractivity contribution in [3.8, 4) is 10.7 Å². The largest absolute Gasteiger partial charge is 0.252 e. The number of thiazole rings is 1. The first-order valence-corrected chi connectivity index (χ1v) is 7.06. The molecule has 0 aliphatic heterocycles. The van der Waals surface area contributed by atoms with E-state index in [0.717, 1.165) is 15.1 Å². The topological polar surface area (TPSA) is 38.7 Å². The highest BCUT2D eigenvalue weighted by molar-refractivity contribution is 7.19. The molecule has 6 heteroatoms. The van der Waals surface area contributed by atoms with Gasteiger partial charge in [0.2, 0.25) is 0 Å². The number of hydrogen-bond donors (Lipinski definition) is 0. The van der Waals surface area contributed by atoms with Crippen molar-refractivity contribution >= 4 is 44.5 Å². The fraction of sp³-hybridized carbons (Fsp3) is 0.182. The van der Waals surface area contributed by atoms with Gasteiger partial charge in [-0.1, -0.05) is 11.6 Å². The van der Waals surface area contributed by atoms with E-state index in [9.17, 15) is 0 Å². The lowest BCUT2D eigenvalue weighted by molar-refractivity contribution is 1.24. The zero-order valence-corrected chi connectivity index (χ0v) is 11.6. The number of thiophene rings is 1. The first kappa shape index (κ1) is 11.1. The zero-order valence-electron chi connectivity index (χ0n) is 9.19. The van der Waals surface area contributed by atoms with Crippen molar-refractivity contribution in [2.24, 2.45) is 0 Å². The zero-order chi connectivity index (χ0) is 12.0. The van der Waals surface area contributed by atoms with E-state index in [1.165, 1.54) is 21.8 Å². The van der Waals surface area contributed by atoms with E-state index in [-0.39, 0.29) is 0 Å². The van der Waals surface area contributed by atoms with Gasteiger partial charge in [-0.25, -0.2) is 9.97 Å². The van der Waals surface area contributed by atoms with E-state index in [2.05, 4.69) is 28.8 Å². The first-order valence-electron chi connectivity index (χ1n) is 4.99. The first-order chi connectivity index (χ1) is 8.16. The fourth-order valence-corrected chi connectivity index (χ4v) is 3.59. The number of halogens is 1. The van der Waals surface area contributed by atoms with E-state index in [4.69, 9.17) is 11.6 Å². The molecule has 86 valence electrons. The Morgan fingerprint density at radius 2 is 2.06 bits per heavy atom. The third-order valence-corrected chi connectivity index (χ3v) is 4.78. The number of hydrogen-bond acceptors (Lipinski definition) is 5. The fourth-order valence-electron chi connectivity index (χ4n) is 1.64. The molecule has 0 atom stereocenters. The van der Waals surface area contributed by atoms with Gasteiger partial charge in [0.1, 0.15) is 9.98 Å². The van der Waals surface area contributed by atoms with Crippen LogP contribution >= 0.6 is 34.3 Å². The van der Waals surface area contributed by atoms with Gasteiger partial charge >= 0.3 is 0 Å². The van der Waals surface area contributed by atoms with Crippen molar-refractivity contribution < 1.29 is 0 Å². The lowest BCUT2D eigenvalue weighted by Gasteiger charge is -1.99. The van der Waals surface area contributed by atoms with Crippen LogP contribution in [0.4, 0.5) is 0 Å². The third kappa shape index (κ3) is 1.74. The molecule has 3 aromatic rings. The Kier molecular flexibility index (Phi) is 2.61. The molecule has 0 spiro atoms. The van der Waals surface area contributed by atoms with Gasteiger partial charge < -0.3 is 0 Å². The summed E-state index contributed by atoms with van der Waals surface area (Å²) in [5.41, 5.74) is 2.94. The van der Waals surface area contributed by atoms with Crippen LogP contribution in [0, 0.1) is 13.8 Å². The molecule has 0 aliphatic carbocycles. The Morgan fingerprint density at radius 3 is 2.76 bits per heavy atom. The summed E-state index contributed by atoms with van der Waals surface area (Å²) in [7, 11) is 0. The van der Waals surface area contributed by atoms with Crippen molar-refractivity contribution in [1.29, 1.82) is 0 Å². The minimum absolute atomic E-state index is 0.528. The SMILES string of the molecule is Cc1sc2nc(-c3cncs3)nc(Cl)c2c1C.